The number of nitrogens with zero attached hydrogens (tertiary/aromatic N) is 3. The van der Waals surface area contributed by atoms with Gasteiger partial charge in [0.25, 0.3) is 5.91 Å². The lowest BCUT2D eigenvalue weighted by molar-refractivity contribution is -0.183. The number of amides is 1. The van der Waals surface area contributed by atoms with E-state index in [2.05, 4.69) is 15.7 Å². The van der Waals surface area contributed by atoms with Crippen LogP contribution in [0.25, 0.3) is 5.69 Å². The molecule has 0 radical (unpaired) electrons. The summed E-state index contributed by atoms with van der Waals surface area (Å²) in [6.45, 7) is 0.799. The molecule has 1 aliphatic rings. The Morgan fingerprint density at radius 3 is 2.50 bits per heavy atom. The Balaban J connectivity index is 0.00000280. The standard InChI is InChI=1S/C17H20F3N5O2.ClH/c18-17(19,20)14(24-8-6-21-7-9-24)10-22-16(27)15-13(26)11-25(23-15)12-4-2-1-3-5-12;/h1-5,11,14,21,26H,6-10H2,(H,22,27);1H. The monoisotopic (exact) mass is 419 g/mol. The third-order valence-electron chi connectivity index (χ3n) is 4.36. The highest BCUT2D eigenvalue weighted by molar-refractivity contribution is 5.94. The number of piperazine rings is 1. The summed E-state index contributed by atoms with van der Waals surface area (Å²) in [7, 11) is 0. The second-order valence-electron chi connectivity index (χ2n) is 6.20. The van der Waals surface area contributed by atoms with E-state index in [1.165, 1.54) is 15.8 Å². The molecule has 0 aliphatic carbocycles. The van der Waals surface area contributed by atoms with E-state index >= 15 is 0 Å². The Bertz CT molecular complexity index is 779. The number of benzene rings is 1. The maximum absolute atomic E-state index is 13.4. The van der Waals surface area contributed by atoms with Gasteiger partial charge >= 0.3 is 6.18 Å². The molecule has 28 heavy (non-hydrogen) atoms. The van der Waals surface area contributed by atoms with Gasteiger partial charge in [0.2, 0.25) is 0 Å². The number of aromatic hydroxyl groups is 1. The molecular formula is C17H21ClF3N5O2. The minimum atomic E-state index is -4.48. The highest BCUT2D eigenvalue weighted by Gasteiger charge is 2.44. The molecule has 1 unspecified atom stereocenters. The highest BCUT2D eigenvalue weighted by atomic mass is 35.5. The predicted molar refractivity (Wildman–Crippen MR) is 99.1 cm³/mol. The van der Waals surface area contributed by atoms with Crippen molar-refractivity contribution < 1.29 is 23.1 Å². The lowest BCUT2D eigenvalue weighted by atomic mass is 10.2. The van der Waals surface area contributed by atoms with Crippen LogP contribution in [0.1, 0.15) is 10.5 Å². The summed E-state index contributed by atoms with van der Waals surface area (Å²) in [4.78, 5) is 13.6. The van der Waals surface area contributed by atoms with Crippen molar-refractivity contribution in [2.45, 2.75) is 12.2 Å². The number of hydrogen-bond acceptors (Lipinski definition) is 5. The van der Waals surface area contributed by atoms with Crippen molar-refractivity contribution in [3.8, 4) is 11.4 Å². The molecule has 1 amide bonds. The van der Waals surface area contributed by atoms with Crippen LogP contribution in [0.5, 0.6) is 5.75 Å². The Labute approximate surface area is 165 Å². The van der Waals surface area contributed by atoms with Gasteiger partial charge < -0.3 is 15.7 Å². The number of carbonyl (C=O) groups is 1. The fourth-order valence-corrected chi connectivity index (χ4v) is 2.96. The maximum Gasteiger partial charge on any atom is 0.405 e. The van der Waals surface area contributed by atoms with E-state index in [1.54, 1.807) is 30.3 Å². The topological polar surface area (TPSA) is 82.4 Å². The first-order valence-electron chi connectivity index (χ1n) is 8.50. The number of alkyl halides is 3. The van der Waals surface area contributed by atoms with E-state index in [4.69, 9.17) is 0 Å². The SMILES string of the molecule is Cl.O=C(NCC(N1CCNCC1)C(F)(F)F)c1nn(-c2ccccc2)cc1O. The van der Waals surface area contributed by atoms with Crippen molar-refractivity contribution in [1.82, 2.24) is 25.3 Å². The van der Waals surface area contributed by atoms with E-state index in [0.717, 1.165) is 0 Å². The van der Waals surface area contributed by atoms with E-state index in [0.29, 0.717) is 18.8 Å². The Hall–Kier alpha value is -2.30. The smallest absolute Gasteiger partial charge is 0.405 e. The second kappa shape index (κ2) is 9.26. The Kier molecular flexibility index (Phi) is 7.28. The van der Waals surface area contributed by atoms with Crippen LogP contribution in [-0.4, -0.2) is 70.6 Å². The molecule has 3 rings (SSSR count). The summed E-state index contributed by atoms with van der Waals surface area (Å²) in [5.74, 6) is -1.26. The van der Waals surface area contributed by atoms with Crippen molar-refractivity contribution in [2.24, 2.45) is 0 Å². The molecule has 0 spiro atoms. The molecule has 154 valence electrons. The largest absolute Gasteiger partial charge is 0.504 e. The van der Waals surface area contributed by atoms with E-state index in [1.807, 2.05) is 0 Å². The van der Waals surface area contributed by atoms with Gasteiger partial charge in [-0.3, -0.25) is 9.69 Å². The minimum absolute atomic E-state index is 0. The Morgan fingerprint density at radius 2 is 1.89 bits per heavy atom. The van der Waals surface area contributed by atoms with Crippen molar-refractivity contribution in [2.75, 3.05) is 32.7 Å². The van der Waals surface area contributed by atoms with Crippen LogP contribution < -0.4 is 10.6 Å². The molecule has 1 fully saturated rings. The Morgan fingerprint density at radius 1 is 1.25 bits per heavy atom. The van der Waals surface area contributed by atoms with Crippen LogP contribution in [0.3, 0.4) is 0 Å². The summed E-state index contributed by atoms with van der Waals surface area (Å²) in [5.41, 5.74) is 0.293. The van der Waals surface area contributed by atoms with Crippen LogP contribution in [0.4, 0.5) is 13.2 Å². The predicted octanol–water partition coefficient (Wildman–Crippen LogP) is 1.57. The fourth-order valence-electron chi connectivity index (χ4n) is 2.96. The summed E-state index contributed by atoms with van der Waals surface area (Å²) in [6.07, 6.45) is -3.24. The summed E-state index contributed by atoms with van der Waals surface area (Å²) in [6, 6.07) is 6.97. The minimum Gasteiger partial charge on any atom is -0.504 e. The van der Waals surface area contributed by atoms with Crippen LogP contribution in [0.2, 0.25) is 0 Å². The van der Waals surface area contributed by atoms with Crippen molar-refractivity contribution in [3.63, 3.8) is 0 Å². The van der Waals surface area contributed by atoms with Gasteiger partial charge in [0.15, 0.2) is 11.4 Å². The molecular weight excluding hydrogens is 399 g/mol. The highest BCUT2D eigenvalue weighted by Crippen LogP contribution is 2.25. The van der Waals surface area contributed by atoms with Crippen molar-refractivity contribution in [3.05, 3.63) is 42.2 Å². The lowest BCUT2D eigenvalue weighted by Crippen LogP contribution is -2.57. The molecule has 0 saturated carbocycles. The third-order valence-corrected chi connectivity index (χ3v) is 4.36. The average molecular weight is 420 g/mol. The third kappa shape index (κ3) is 5.15. The first-order valence-corrected chi connectivity index (χ1v) is 8.50. The van der Waals surface area contributed by atoms with Crippen molar-refractivity contribution >= 4 is 18.3 Å². The molecule has 1 saturated heterocycles. The second-order valence-corrected chi connectivity index (χ2v) is 6.20. The van der Waals surface area contributed by atoms with E-state index in [-0.39, 0.29) is 31.2 Å². The van der Waals surface area contributed by atoms with E-state index < -0.39 is 30.4 Å². The number of carbonyl (C=O) groups excluding carboxylic acids is 1. The lowest BCUT2D eigenvalue weighted by Gasteiger charge is -2.35. The summed E-state index contributed by atoms with van der Waals surface area (Å²) in [5, 5.41) is 19.2. The summed E-state index contributed by atoms with van der Waals surface area (Å²) >= 11 is 0. The van der Waals surface area contributed by atoms with Crippen LogP contribution in [0, 0.1) is 0 Å². The van der Waals surface area contributed by atoms with Gasteiger partial charge in [-0.15, -0.1) is 12.4 Å². The number of halogens is 4. The zero-order chi connectivity index (χ0) is 19.4. The molecule has 11 heteroatoms. The van der Waals surface area contributed by atoms with Gasteiger partial charge in [-0.2, -0.15) is 18.3 Å². The zero-order valence-corrected chi connectivity index (χ0v) is 15.6. The molecule has 7 nitrogen and oxygen atoms in total. The zero-order valence-electron chi connectivity index (χ0n) is 14.8. The number of nitrogens with one attached hydrogen (secondary N) is 2. The number of para-hydroxylation sites is 1. The van der Waals surface area contributed by atoms with Gasteiger partial charge in [0.1, 0.15) is 6.04 Å². The van der Waals surface area contributed by atoms with Gasteiger partial charge in [-0.1, -0.05) is 18.2 Å². The molecule has 1 aromatic carbocycles. The van der Waals surface area contributed by atoms with Crippen LogP contribution in [0.15, 0.2) is 36.5 Å². The van der Waals surface area contributed by atoms with Crippen molar-refractivity contribution in [1.29, 1.82) is 0 Å². The molecule has 1 aromatic heterocycles. The first-order chi connectivity index (χ1) is 12.9. The molecule has 1 atom stereocenters. The molecule has 2 heterocycles. The summed E-state index contributed by atoms with van der Waals surface area (Å²) < 4.78 is 41.4. The normalized spacial score (nSPS) is 16.2. The number of aromatic nitrogens is 2. The van der Waals surface area contributed by atoms with Crippen LogP contribution >= 0.6 is 12.4 Å². The van der Waals surface area contributed by atoms with Gasteiger partial charge in [0.05, 0.1) is 11.9 Å². The molecule has 1 aliphatic heterocycles. The fraction of sp³-hybridized carbons (Fsp3) is 0.412. The molecule has 2 aromatic rings. The van der Waals surface area contributed by atoms with Gasteiger partial charge in [-0.25, -0.2) is 4.68 Å². The van der Waals surface area contributed by atoms with Gasteiger partial charge in [0, 0.05) is 32.7 Å². The number of rotatable bonds is 5. The average Bonchev–Trinajstić information content (AvgIpc) is 3.04. The number of hydrogen-bond donors (Lipinski definition) is 3. The molecule has 3 N–H and O–H groups in total. The molecule has 0 bridgehead atoms. The van der Waals surface area contributed by atoms with E-state index in [9.17, 15) is 23.1 Å². The van der Waals surface area contributed by atoms with Gasteiger partial charge in [-0.05, 0) is 12.1 Å². The quantitative estimate of drug-likeness (QED) is 0.685. The van der Waals surface area contributed by atoms with Crippen LogP contribution in [-0.2, 0) is 0 Å². The first kappa shape index (κ1) is 22.0. The maximum atomic E-state index is 13.4.